The van der Waals surface area contributed by atoms with Crippen molar-refractivity contribution >= 4 is 18.3 Å². The van der Waals surface area contributed by atoms with Gasteiger partial charge in [-0.1, -0.05) is 0 Å². The third kappa shape index (κ3) is 2.11. The second kappa shape index (κ2) is 4.10. The van der Waals surface area contributed by atoms with Gasteiger partial charge in [0.15, 0.2) is 0 Å². The van der Waals surface area contributed by atoms with Crippen LogP contribution in [0, 0.1) is 0 Å². The third-order valence-electron chi connectivity index (χ3n) is 2.31. The molecule has 3 nitrogen and oxygen atoms in total. The van der Waals surface area contributed by atoms with Crippen LogP contribution in [0.2, 0.25) is 0 Å². The second-order valence-electron chi connectivity index (χ2n) is 3.64. The third-order valence-corrected chi connectivity index (χ3v) is 2.31. The first-order chi connectivity index (χ1) is 5.08. The number of likely N-dealkylation sites (tertiary alicyclic amines) is 1. The molecular weight excluding hydrogens is 176 g/mol. The van der Waals surface area contributed by atoms with Gasteiger partial charge >= 0.3 is 0 Å². The van der Waals surface area contributed by atoms with Crippen molar-refractivity contribution in [2.45, 2.75) is 25.8 Å². The lowest BCUT2D eigenvalue weighted by molar-refractivity contribution is -0.143. The predicted octanol–water partition coefficient (Wildman–Crippen LogP) is 0.638. The summed E-state index contributed by atoms with van der Waals surface area (Å²) in [5.74, 6) is 0.212. The Balaban J connectivity index is 0.00000121. The molecule has 0 bridgehead atoms. The van der Waals surface area contributed by atoms with Crippen LogP contribution in [0.4, 0.5) is 0 Å². The van der Waals surface area contributed by atoms with Crippen molar-refractivity contribution in [2.75, 3.05) is 20.1 Å². The molecule has 1 aliphatic heterocycles. The summed E-state index contributed by atoms with van der Waals surface area (Å²) in [6.07, 6.45) is 1.13. The van der Waals surface area contributed by atoms with Gasteiger partial charge in [-0.05, 0) is 27.3 Å². The van der Waals surface area contributed by atoms with Crippen molar-refractivity contribution in [3.05, 3.63) is 0 Å². The largest absolute Gasteiger partial charge is 0.336 e. The van der Waals surface area contributed by atoms with Crippen molar-refractivity contribution in [3.8, 4) is 0 Å². The van der Waals surface area contributed by atoms with Crippen LogP contribution in [-0.2, 0) is 4.79 Å². The molecule has 0 unspecified atom stereocenters. The van der Waals surface area contributed by atoms with E-state index in [1.807, 2.05) is 4.90 Å². The molecule has 4 heteroatoms. The zero-order valence-electron chi connectivity index (χ0n) is 7.89. The zero-order chi connectivity index (χ0) is 8.48. The molecule has 1 rings (SSSR count). The molecule has 1 heterocycles. The maximum absolute atomic E-state index is 11.3. The summed E-state index contributed by atoms with van der Waals surface area (Å²) in [6.45, 7) is 5.59. The van der Waals surface area contributed by atoms with Gasteiger partial charge in [0.25, 0.3) is 0 Å². The van der Waals surface area contributed by atoms with Gasteiger partial charge in [-0.2, -0.15) is 0 Å². The van der Waals surface area contributed by atoms with Gasteiger partial charge in [-0.25, -0.2) is 0 Å². The van der Waals surface area contributed by atoms with E-state index >= 15 is 0 Å². The van der Waals surface area contributed by atoms with Crippen LogP contribution >= 0.6 is 12.4 Å². The molecule has 0 atom stereocenters. The van der Waals surface area contributed by atoms with Crippen molar-refractivity contribution < 1.29 is 4.79 Å². The number of rotatable bonds is 2. The molecular formula is C8H17ClN2O. The number of likely N-dealkylation sites (N-methyl/N-ethyl adjacent to an activating group) is 1. The summed E-state index contributed by atoms with van der Waals surface area (Å²) in [4.78, 5) is 13.2. The molecule has 0 radical (unpaired) electrons. The molecule has 0 spiro atoms. The van der Waals surface area contributed by atoms with Gasteiger partial charge in [0.1, 0.15) is 0 Å². The number of hydrogen-bond acceptors (Lipinski definition) is 2. The number of halogens is 1. The molecule has 0 aromatic carbocycles. The first kappa shape index (κ1) is 11.7. The van der Waals surface area contributed by atoms with Crippen LogP contribution in [0.3, 0.4) is 0 Å². The average Bonchev–Trinajstić information content (AvgIpc) is 1.86. The van der Waals surface area contributed by atoms with Crippen molar-refractivity contribution in [3.63, 3.8) is 0 Å². The van der Waals surface area contributed by atoms with Crippen molar-refractivity contribution in [1.29, 1.82) is 0 Å². The van der Waals surface area contributed by atoms with E-state index in [9.17, 15) is 4.79 Å². The Hall–Kier alpha value is -0.280. The molecule has 1 fully saturated rings. The number of nitrogens with zero attached hydrogens (tertiary/aromatic N) is 1. The fraction of sp³-hybridized carbons (Fsp3) is 0.875. The lowest BCUT2D eigenvalue weighted by Crippen LogP contribution is -2.59. The molecule has 0 saturated carbocycles. The Morgan fingerprint density at radius 3 is 2.42 bits per heavy atom. The smallest absolute Gasteiger partial charge is 0.236 e. The SMILES string of the molecule is CNCC(=O)N1CCC1(C)C.Cl. The zero-order valence-corrected chi connectivity index (χ0v) is 8.70. The average molecular weight is 193 g/mol. The summed E-state index contributed by atoms with van der Waals surface area (Å²) < 4.78 is 0. The molecule has 1 aliphatic rings. The maximum atomic E-state index is 11.3. The first-order valence-electron chi connectivity index (χ1n) is 4.03. The fourth-order valence-electron chi connectivity index (χ4n) is 1.38. The summed E-state index contributed by atoms with van der Waals surface area (Å²) >= 11 is 0. The van der Waals surface area contributed by atoms with Gasteiger partial charge in [0, 0.05) is 12.1 Å². The van der Waals surface area contributed by atoms with E-state index in [4.69, 9.17) is 0 Å². The highest BCUT2D eigenvalue weighted by atomic mass is 35.5. The van der Waals surface area contributed by atoms with Gasteiger partial charge in [0.05, 0.1) is 6.54 Å². The van der Waals surface area contributed by atoms with E-state index in [1.54, 1.807) is 7.05 Å². The Bertz CT molecular complexity index is 170. The quantitative estimate of drug-likeness (QED) is 0.697. The highest BCUT2D eigenvalue weighted by molar-refractivity contribution is 5.85. The Labute approximate surface area is 79.9 Å². The summed E-state index contributed by atoms with van der Waals surface area (Å²) in [5, 5.41) is 2.86. The molecule has 1 saturated heterocycles. The molecule has 12 heavy (non-hydrogen) atoms. The number of amides is 1. The van der Waals surface area contributed by atoms with E-state index in [2.05, 4.69) is 19.2 Å². The minimum absolute atomic E-state index is 0. The number of carbonyl (C=O) groups excluding carboxylic acids is 1. The van der Waals surface area contributed by atoms with Crippen molar-refractivity contribution in [1.82, 2.24) is 10.2 Å². The molecule has 0 aliphatic carbocycles. The second-order valence-corrected chi connectivity index (χ2v) is 3.64. The van der Waals surface area contributed by atoms with Crippen LogP contribution in [0.1, 0.15) is 20.3 Å². The van der Waals surface area contributed by atoms with Gasteiger partial charge in [-0.3, -0.25) is 4.79 Å². The fourth-order valence-corrected chi connectivity index (χ4v) is 1.38. The van der Waals surface area contributed by atoms with E-state index in [0.717, 1.165) is 13.0 Å². The summed E-state index contributed by atoms with van der Waals surface area (Å²) in [7, 11) is 1.80. The van der Waals surface area contributed by atoms with Crippen LogP contribution in [0.15, 0.2) is 0 Å². The number of nitrogens with one attached hydrogen (secondary N) is 1. The normalized spacial score (nSPS) is 19.4. The molecule has 1 amide bonds. The Morgan fingerprint density at radius 2 is 2.17 bits per heavy atom. The monoisotopic (exact) mass is 192 g/mol. The topological polar surface area (TPSA) is 32.3 Å². The van der Waals surface area contributed by atoms with Gasteiger partial charge in [-0.15, -0.1) is 12.4 Å². The number of carbonyl (C=O) groups is 1. The lowest BCUT2D eigenvalue weighted by Gasteiger charge is -2.48. The minimum atomic E-state index is 0. The molecule has 1 N–H and O–H groups in total. The van der Waals surface area contributed by atoms with Crippen LogP contribution in [0.25, 0.3) is 0 Å². The van der Waals surface area contributed by atoms with Crippen LogP contribution < -0.4 is 5.32 Å². The highest BCUT2D eigenvalue weighted by Gasteiger charge is 2.38. The lowest BCUT2D eigenvalue weighted by atomic mass is 9.89. The van der Waals surface area contributed by atoms with Crippen molar-refractivity contribution in [2.24, 2.45) is 0 Å². The summed E-state index contributed by atoms with van der Waals surface area (Å²) in [6, 6.07) is 0. The van der Waals surface area contributed by atoms with E-state index in [1.165, 1.54) is 0 Å². The maximum Gasteiger partial charge on any atom is 0.236 e. The number of hydrogen-bond donors (Lipinski definition) is 1. The Morgan fingerprint density at radius 1 is 1.58 bits per heavy atom. The van der Waals surface area contributed by atoms with Crippen LogP contribution in [0.5, 0.6) is 0 Å². The van der Waals surface area contributed by atoms with E-state index in [-0.39, 0.29) is 23.9 Å². The van der Waals surface area contributed by atoms with E-state index < -0.39 is 0 Å². The predicted molar refractivity (Wildman–Crippen MR) is 51.6 cm³/mol. The Kier molecular flexibility index (Phi) is 4.00. The summed E-state index contributed by atoms with van der Waals surface area (Å²) in [5.41, 5.74) is 0.105. The molecule has 0 aromatic heterocycles. The minimum Gasteiger partial charge on any atom is -0.336 e. The van der Waals surface area contributed by atoms with E-state index in [0.29, 0.717) is 6.54 Å². The molecule has 72 valence electrons. The highest BCUT2D eigenvalue weighted by Crippen LogP contribution is 2.28. The van der Waals surface area contributed by atoms with Gasteiger partial charge in [0.2, 0.25) is 5.91 Å². The standard InChI is InChI=1S/C8H16N2O.ClH/c1-8(2)4-5-10(8)7(11)6-9-3;/h9H,4-6H2,1-3H3;1H. The van der Waals surface area contributed by atoms with Crippen LogP contribution in [-0.4, -0.2) is 36.5 Å². The van der Waals surface area contributed by atoms with Gasteiger partial charge < -0.3 is 10.2 Å². The first-order valence-corrected chi connectivity index (χ1v) is 4.03. The molecule has 0 aromatic rings.